The molecule has 0 radical (unpaired) electrons. The summed E-state index contributed by atoms with van der Waals surface area (Å²) in [6.07, 6.45) is 1.42. The van der Waals surface area contributed by atoms with Crippen LogP contribution in [0.25, 0.3) is 11.3 Å². The number of rotatable bonds is 3. The highest BCUT2D eigenvalue weighted by atomic mass is 16.2. The first-order chi connectivity index (χ1) is 11.6. The Kier molecular flexibility index (Phi) is 4.64. The van der Waals surface area contributed by atoms with Gasteiger partial charge in [-0.1, -0.05) is 30.3 Å². The predicted octanol–water partition coefficient (Wildman–Crippen LogP) is 2.02. The van der Waals surface area contributed by atoms with Crippen molar-refractivity contribution in [2.75, 3.05) is 27.2 Å². The Morgan fingerprint density at radius 2 is 1.83 bits per heavy atom. The summed E-state index contributed by atoms with van der Waals surface area (Å²) in [6.45, 7) is 1.20. The molecule has 0 spiro atoms. The Labute approximate surface area is 141 Å². The molecule has 1 fully saturated rings. The Bertz CT molecular complexity index is 716. The maximum atomic E-state index is 12.6. The number of aromatic amines is 1. The van der Waals surface area contributed by atoms with E-state index in [4.69, 9.17) is 0 Å². The van der Waals surface area contributed by atoms with Crippen molar-refractivity contribution in [2.45, 2.75) is 12.8 Å². The van der Waals surface area contributed by atoms with Gasteiger partial charge in [0, 0.05) is 38.7 Å². The van der Waals surface area contributed by atoms with E-state index in [2.05, 4.69) is 10.2 Å². The van der Waals surface area contributed by atoms with E-state index >= 15 is 0 Å². The molecule has 0 bridgehead atoms. The lowest BCUT2D eigenvalue weighted by atomic mass is 9.95. The average Bonchev–Trinajstić information content (AvgIpc) is 3.11. The molecule has 1 N–H and O–H groups in total. The minimum atomic E-state index is -0.0552. The fourth-order valence-corrected chi connectivity index (χ4v) is 3.05. The molecule has 126 valence electrons. The second kappa shape index (κ2) is 6.86. The Morgan fingerprint density at radius 3 is 2.46 bits per heavy atom. The molecule has 0 aliphatic carbocycles. The van der Waals surface area contributed by atoms with Crippen LogP contribution in [0.5, 0.6) is 0 Å². The second-order valence-corrected chi connectivity index (χ2v) is 6.33. The fraction of sp³-hybridized carbons (Fsp3) is 0.389. The van der Waals surface area contributed by atoms with Crippen molar-refractivity contribution in [3.05, 3.63) is 42.1 Å². The predicted molar refractivity (Wildman–Crippen MR) is 91.3 cm³/mol. The number of nitrogens with one attached hydrogen (secondary N) is 1. The van der Waals surface area contributed by atoms with Gasteiger partial charge < -0.3 is 9.80 Å². The first kappa shape index (κ1) is 16.2. The van der Waals surface area contributed by atoms with Gasteiger partial charge in [0.15, 0.2) is 0 Å². The molecule has 6 nitrogen and oxygen atoms in total. The third kappa shape index (κ3) is 3.32. The van der Waals surface area contributed by atoms with Crippen LogP contribution >= 0.6 is 0 Å². The van der Waals surface area contributed by atoms with Crippen molar-refractivity contribution in [2.24, 2.45) is 5.92 Å². The van der Waals surface area contributed by atoms with Crippen LogP contribution in [0.15, 0.2) is 36.4 Å². The van der Waals surface area contributed by atoms with Gasteiger partial charge in [0.25, 0.3) is 5.91 Å². The highest BCUT2D eigenvalue weighted by Crippen LogP contribution is 2.22. The Balaban J connectivity index is 1.64. The minimum absolute atomic E-state index is 0.0192. The Hall–Kier alpha value is -2.63. The van der Waals surface area contributed by atoms with Gasteiger partial charge in [0.2, 0.25) is 5.91 Å². The molecular weight excluding hydrogens is 304 g/mol. The fourth-order valence-electron chi connectivity index (χ4n) is 3.05. The van der Waals surface area contributed by atoms with Gasteiger partial charge in [-0.3, -0.25) is 14.7 Å². The third-order valence-corrected chi connectivity index (χ3v) is 4.45. The van der Waals surface area contributed by atoms with E-state index in [0.29, 0.717) is 31.6 Å². The van der Waals surface area contributed by atoms with Crippen LogP contribution in [0.4, 0.5) is 0 Å². The van der Waals surface area contributed by atoms with Crippen LogP contribution in [-0.2, 0) is 4.79 Å². The zero-order valence-corrected chi connectivity index (χ0v) is 14.0. The van der Waals surface area contributed by atoms with Crippen LogP contribution in [0.3, 0.4) is 0 Å². The van der Waals surface area contributed by atoms with Crippen molar-refractivity contribution in [3.63, 3.8) is 0 Å². The van der Waals surface area contributed by atoms with Crippen LogP contribution in [0, 0.1) is 5.92 Å². The third-order valence-electron chi connectivity index (χ3n) is 4.45. The molecular formula is C18H22N4O2. The molecule has 6 heteroatoms. The molecule has 2 heterocycles. The van der Waals surface area contributed by atoms with E-state index < -0.39 is 0 Å². The van der Waals surface area contributed by atoms with Crippen LogP contribution < -0.4 is 0 Å². The van der Waals surface area contributed by atoms with Crippen LogP contribution in [0.1, 0.15) is 23.3 Å². The standard InChI is InChI=1S/C18H22N4O2/c1-21(2)17(23)14-8-10-22(11-9-14)18(24)16-12-15(19-20-16)13-6-4-3-5-7-13/h3-7,12,14H,8-11H2,1-2H3,(H,19,20). The van der Waals surface area contributed by atoms with Crippen LogP contribution in [-0.4, -0.2) is 59.0 Å². The number of aromatic nitrogens is 2. The number of amides is 2. The van der Waals surface area contributed by atoms with Crippen molar-refractivity contribution < 1.29 is 9.59 Å². The van der Waals surface area contributed by atoms with E-state index in [0.717, 1.165) is 11.3 Å². The van der Waals surface area contributed by atoms with Gasteiger partial charge in [-0.2, -0.15) is 5.10 Å². The molecule has 3 rings (SSSR count). The summed E-state index contributed by atoms with van der Waals surface area (Å²) >= 11 is 0. The summed E-state index contributed by atoms with van der Waals surface area (Å²) in [6, 6.07) is 11.5. The van der Waals surface area contributed by atoms with E-state index in [-0.39, 0.29) is 17.7 Å². The van der Waals surface area contributed by atoms with E-state index in [1.807, 2.05) is 30.3 Å². The van der Waals surface area contributed by atoms with Crippen molar-refractivity contribution in [1.29, 1.82) is 0 Å². The normalized spacial score (nSPS) is 15.3. The SMILES string of the molecule is CN(C)C(=O)C1CCN(C(=O)c2cc(-c3ccccc3)n[nH]2)CC1. The maximum Gasteiger partial charge on any atom is 0.271 e. The van der Waals surface area contributed by atoms with E-state index in [1.54, 1.807) is 30.0 Å². The number of piperidine rings is 1. The quantitative estimate of drug-likeness (QED) is 0.938. The number of nitrogens with zero attached hydrogens (tertiary/aromatic N) is 3. The zero-order valence-electron chi connectivity index (χ0n) is 14.0. The average molecular weight is 326 g/mol. The van der Waals surface area contributed by atoms with Crippen molar-refractivity contribution in [1.82, 2.24) is 20.0 Å². The second-order valence-electron chi connectivity index (χ2n) is 6.33. The van der Waals surface area contributed by atoms with Gasteiger partial charge in [0.1, 0.15) is 5.69 Å². The summed E-state index contributed by atoms with van der Waals surface area (Å²) in [7, 11) is 3.55. The van der Waals surface area contributed by atoms with Crippen molar-refractivity contribution in [3.8, 4) is 11.3 Å². The first-order valence-corrected chi connectivity index (χ1v) is 8.17. The van der Waals surface area contributed by atoms with Gasteiger partial charge in [-0.15, -0.1) is 0 Å². The summed E-state index contributed by atoms with van der Waals surface area (Å²) in [4.78, 5) is 28.0. The smallest absolute Gasteiger partial charge is 0.271 e. The number of hydrogen-bond acceptors (Lipinski definition) is 3. The summed E-state index contributed by atoms with van der Waals surface area (Å²) in [5.74, 6) is 0.112. The number of benzene rings is 1. The summed E-state index contributed by atoms with van der Waals surface area (Å²) in [5.41, 5.74) is 2.23. The van der Waals surface area contributed by atoms with Gasteiger partial charge in [0.05, 0.1) is 5.69 Å². The molecule has 1 aromatic heterocycles. The molecule has 0 unspecified atom stereocenters. The first-order valence-electron chi connectivity index (χ1n) is 8.17. The van der Waals surface area contributed by atoms with Gasteiger partial charge in [-0.25, -0.2) is 0 Å². The molecule has 24 heavy (non-hydrogen) atoms. The number of likely N-dealkylation sites (tertiary alicyclic amines) is 1. The Morgan fingerprint density at radius 1 is 1.17 bits per heavy atom. The molecule has 2 amide bonds. The minimum Gasteiger partial charge on any atom is -0.349 e. The number of carbonyl (C=O) groups excluding carboxylic acids is 2. The van der Waals surface area contributed by atoms with E-state index in [9.17, 15) is 9.59 Å². The monoisotopic (exact) mass is 326 g/mol. The zero-order chi connectivity index (χ0) is 17.1. The maximum absolute atomic E-state index is 12.6. The van der Waals surface area contributed by atoms with Gasteiger partial charge >= 0.3 is 0 Å². The lowest BCUT2D eigenvalue weighted by Gasteiger charge is -2.32. The van der Waals surface area contributed by atoms with Gasteiger partial charge in [-0.05, 0) is 18.9 Å². The molecule has 1 aliphatic rings. The van der Waals surface area contributed by atoms with Crippen LogP contribution in [0.2, 0.25) is 0 Å². The van der Waals surface area contributed by atoms with Crippen molar-refractivity contribution >= 4 is 11.8 Å². The molecule has 1 aromatic carbocycles. The summed E-state index contributed by atoms with van der Waals surface area (Å²) in [5, 5.41) is 7.07. The number of carbonyl (C=O) groups is 2. The number of H-pyrrole nitrogens is 1. The molecule has 0 atom stereocenters. The lowest BCUT2D eigenvalue weighted by molar-refractivity contribution is -0.134. The molecule has 1 saturated heterocycles. The van der Waals surface area contributed by atoms with E-state index in [1.165, 1.54) is 0 Å². The molecule has 2 aromatic rings. The number of hydrogen-bond donors (Lipinski definition) is 1. The molecule has 1 aliphatic heterocycles. The highest BCUT2D eigenvalue weighted by molar-refractivity contribution is 5.93. The lowest BCUT2D eigenvalue weighted by Crippen LogP contribution is -2.42. The largest absolute Gasteiger partial charge is 0.349 e. The molecule has 0 saturated carbocycles. The summed E-state index contributed by atoms with van der Waals surface area (Å²) < 4.78 is 0. The topological polar surface area (TPSA) is 69.3 Å². The highest BCUT2D eigenvalue weighted by Gasteiger charge is 2.29.